The second-order valence-electron chi connectivity index (χ2n) is 4.42. The molecule has 0 fully saturated rings. The molecule has 0 unspecified atom stereocenters. The Bertz CT molecular complexity index is 890. The van der Waals surface area contributed by atoms with Gasteiger partial charge >= 0.3 is 59.2 Å². The number of hydrogen-bond acceptors (Lipinski definition) is 9. The van der Waals surface area contributed by atoms with E-state index in [1.807, 2.05) is 3.63 Å². The first-order valence-electron chi connectivity index (χ1n) is 6.26. The van der Waals surface area contributed by atoms with Crippen molar-refractivity contribution in [3.05, 3.63) is 0 Å². The van der Waals surface area contributed by atoms with Crippen molar-refractivity contribution in [2.45, 2.75) is 28.9 Å². The second-order valence-corrected chi connectivity index (χ2v) is 9.31. The van der Waals surface area contributed by atoms with Crippen LogP contribution in [0.1, 0.15) is 0 Å². The van der Waals surface area contributed by atoms with Crippen molar-refractivity contribution in [1.82, 2.24) is 0 Å². The Morgan fingerprint density at radius 2 is 0.735 bits per heavy atom. The first kappa shape index (κ1) is 37.2. The summed E-state index contributed by atoms with van der Waals surface area (Å²) in [6.45, 7) is -4.22. The third-order valence-electron chi connectivity index (χ3n) is 1.59. The molecule has 0 heterocycles. The first-order valence-corrected chi connectivity index (χ1v) is 10.5. The van der Waals surface area contributed by atoms with Gasteiger partial charge in [0, 0.05) is 0 Å². The highest BCUT2D eigenvalue weighted by molar-refractivity contribution is 8.00. The van der Waals surface area contributed by atoms with Gasteiger partial charge in [-0.2, -0.15) is 91.1 Å². The molecule has 34 heavy (non-hydrogen) atoms. The van der Waals surface area contributed by atoms with E-state index in [0.29, 0.717) is 0 Å². The SMILES string of the molecule is O=S(=O)(OCC(F)(F)F)C(F)(F)F.O=S(=O)(OS(=O)(=O)C(F)(F)F)C(F)(F)F.OCC(F)(F)F. The summed E-state index contributed by atoms with van der Waals surface area (Å²) in [5, 5.41) is 7.28. The lowest BCUT2D eigenvalue weighted by Gasteiger charge is -2.09. The zero-order valence-corrected chi connectivity index (χ0v) is 17.0. The molecule has 0 atom stereocenters. The Morgan fingerprint density at radius 1 is 0.500 bits per heavy atom. The zero-order chi connectivity index (χ0) is 28.8. The van der Waals surface area contributed by atoms with E-state index >= 15 is 0 Å². The van der Waals surface area contributed by atoms with Crippen molar-refractivity contribution >= 4 is 30.4 Å². The molecule has 9 nitrogen and oxygen atoms in total. The van der Waals surface area contributed by atoms with Crippen LogP contribution in [0.15, 0.2) is 0 Å². The molecule has 1 N–H and O–H groups in total. The molecule has 0 aromatic carbocycles. The normalized spacial score (nSPS) is 14.5. The standard InChI is InChI=1S/C3H2F6O3S.C2F6O5S2.C2H3F3O/c4-2(5,6)1-12-13(10,11)3(7,8)9;3-1(4,5)14(9,10)13-15(11,12)2(6,7)8;3-2(4,5)1-6/h1H2;;6H,1H2. The average Bonchev–Trinajstić information content (AvgIpc) is 2.48. The Balaban J connectivity index is -0.000000461. The van der Waals surface area contributed by atoms with Gasteiger partial charge in [0.1, 0.15) is 6.61 Å². The lowest BCUT2D eigenvalue weighted by atomic mass is 10.7. The molecule has 0 saturated heterocycles. The van der Waals surface area contributed by atoms with Crippen molar-refractivity contribution < 1.29 is 104 Å². The third-order valence-corrected chi connectivity index (χ3v) is 5.15. The predicted molar refractivity (Wildman–Crippen MR) is 71.2 cm³/mol. The van der Waals surface area contributed by atoms with E-state index in [-0.39, 0.29) is 0 Å². The van der Waals surface area contributed by atoms with Crippen LogP contribution in [-0.4, -0.2) is 72.5 Å². The molecule has 0 aliphatic heterocycles. The van der Waals surface area contributed by atoms with Crippen LogP contribution in [0.4, 0.5) is 65.9 Å². The fourth-order valence-electron chi connectivity index (χ4n) is 0.406. The Labute approximate surface area is 177 Å². The van der Waals surface area contributed by atoms with Gasteiger partial charge in [-0.15, -0.1) is 3.63 Å². The highest BCUT2D eigenvalue weighted by Gasteiger charge is 2.57. The van der Waals surface area contributed by atoms with Crippen LogP contribution in [0, 0.1) is 0 Å². The lowest BCUT2D eigenvalue weighted by Crippen LogP contribution is -2.34. The Hall–Kier alpha value is -1.32. The third kappa shape index (κ3) is 15.6. The molecule has 0 radical (unpaired) electrons. The lowest BCUT2D eigenvalue weighted by molar-refractivity contribution is -0.159. The molecule has 0 amide bonds. The minimum Gasteiger partial charge on any atom is -0.387 e. The Morgan fingerprint density at radius 3 is 0.882 bits per heavy atom. The molecule has 0 aromatic rings. The van der Waals surface area contributed by atoms with Crippen molar-refractivity contribution in [3.63, 3.8) is 0 Å². The summed E-state index contributed by atoms with van der Waals surface area (Å²) in [6, 6.07) is 0. The van der Waals surface area contributed by atoms with Crippen LogP contribution in [0.3, 0.4) is 0 Å². The topological polar surface area (TPSA) is 141 Å². The smallest absolute Gasteiger partial charge is 0.387 e. The monoisotopic (exact) mass is 614 g/mol. The van der Waals surface area contributed by atoms with Crippen molar-refractivity contribution in [1.29, 1.82) is 0 Å². The van der Waals surface area contributed by atoms with Gasteiger partial charge in [0.2, 0.25) is 0 Å². The molecule has 0 aromatic heterocycles. The van der Waals surface area contributed by atoms with E-state index in [0.717, 1.165) is 0 Å². The van der Waals surface area contributed by atoms with E-state index in [9.17, 15) is 91.1 Å². The molecule has 27 heteroatoms. The van der Waals surface area contributed by atoms with Crippen LogP contribution in [-0.2, 0) is 38.2 Å². The summed E-state index contributed by atoms with van der Waals surface area (Å²) in [4.78, 5) is 0. The molecule has 0 aliphatic rings. The number of rotatable bonds is 4. The van der Waals surface area contributed by atoms with Crippen LogP contribution in [0.2, 0.25) is 0 Å². The van der Waals surface area contributed by atoms with E-state index in [4.69, 9.17) is 5.11 Å². The first-order chi connectivity index (χ1) is 14.2. The summed E-state index contributed by atoms with van der Waals surface area (Å²) in [5.41, 5.74) is -18.4. The number of hydrogen-bond donors (Lipinski definition) is 1. The Kier molecular flexibility index (Phi) is 12.7. The summed E-state index contributed by atoms with van der Waals surface area (Å²) < 4.78 is 232. The van der Waals surface area contributed by atoms with Gasteiger partial charge in [-0.05, 0) is 0 Å². The highest BCUT2D eigenvalue weighted by atomic mass is 32.3. The highest BCUT2D eigenvalue weighted by Crippen LogP contribution is 2.32. The van der Waals surface area contributed by atoms with Crippen LogP contribution in [0.5, 0.6) is 0 Å². The second kappa shape index (κ2) is 11.6. The van der Waals surface area contributed by atoms with E-state index in [2.05, 4.69) is 4.18 Å². The van der Waals surface area contributed by atoms with Gasteiger partial charge in [0.15, 0.2) is 6.61 Å². The molecule has 0 spiro atoms. The van der Waals surface area contributed by atoms with E-state index in [1.165, 1.54) is 0 Å². The van der Waals surface area contributed by atoms with Crippen molar-refractivity contribution in [3.8, 4) is 0 Å². The van der Waals surface area contributed by atoms with Gasteiger partial charge in [0.05, 0.1) is 0 Å². The van der Waals surface area contributed by atoms with Crippen molar-refractivity contribution in [2.24, 2.45) is 0 Å². The summed E-state index contributed by atoms with van der Waals surface area (Å²) in [7, 11) is -19.8. The summed E-state index contributed by atoms with van der Waals surface area (Å²) >= 11 is 0. The number of aliphatic hydroxyl groups excluding tert-OH is 1. The summed E-state index contributed by atoms with van der Waals surface area (Å²) in [6.07, 6.45) is -9.53. The minimum atomic E-state index is -6.85. The predicted octanol–water partition coefficient (Wildman–Crippen LogP) is 2.66. The van der Waals surface area contributed by atoms with Crippen LogP contribution < -0.4 is 0 Å². The van der Waals surface area contributed by atoms with Gasteiger partial charge in [0.25, 0.3) is 0 Å². The molecule has 0 bridgehead atoms. The number of aliphatic hydroxyl groups is 1. The largest absolute Gasteiger partial charge is 0.524 e. The maximum atomic E-state index is 11.4. The van der Waals surface area contributed by atoms with Crippen LogP contribution in [0.25, 0.3) is 0 Å². The molecular formula is C7H5F15O9S3. The molecule has 0 saturated carbocycles. The maximum absolute atomic E-state index is 11.4. The van der Waals surface area contributed by atoms with E-state index < -0.39 is 72.4 Å². The molecular weight excluding hydrogens is 609 g/mol. The molecule has 0 rings (SSSR count). The fourth-order valence-corrected chi connectivity index (χ4v) is 2.39. The van der Waals surface area contributed by atoms with Gasteiger partial charge in [-0.1, -0.05) is 0 Å². The van der Waals surface area contributed by atoms with Crippen molar-refractivity contribution in [2.75, 3.05) is 13.2 Å². The average molecular weight is 614 g/mol. The van der Waals surface area contributed by atoms with Crippen LogP contribution >= 0.6 is 0 Å². The number of halogens is 15. The van der Waals surface area contributed by atoms with Gasteiger partial charge in [-0.3, -0.25) is 4.18 Å². The molecule has 210 valence electrons. The fraction of sp³-hybridized carbons (Fsp3) is 1.00. The molecule has 0 aliphatic carbocycles. The minimum absolute atomic E-state index is 1.73. The van der Waals surface area contributed by atoms with E-state index in [1.54, 1.807) is 0 Å². The zero-order valence-electron chi connectivity index (χ0n) is 14.5. The number of alkyl halides is 15. The van der Waals surface area contributed by atoms with Gasteiger partial charge < -0.3 is 5.11 Å². The maximum Gasteiger partial charge on any atom is 0.524 e. The summed E-state index contributed by atoms with van der Waals surface area (Å²) in [5.74, 6) is 0. The quantitative estimate of drug-likeness (QED) is 0.288. The van der Waals surface area contributed by atoms with Gasteiger partial charge in [-0.25, -0.2) is 0 Å².